The minimum absolute atomic E-state index is 0.134. The van der Waals surface area contributed by atoms with Crippen LogP contribution in [0.5, 0.6) is 0 Å². The lowest BCUT2D eigenvalue weighted by Crippen LogP contribution is -2.73. The van der Waals surface area contributed by atoms with Crippen LogP contribution in [-0.2, 0) is 23.9 Å². The van der Waals surface area contributed by atoms with Gasteiger partial charge in [-0.2, -0.15) is 0 Å². The number of carbonyl (C=O) groups excluding carboxylic acids is 3. The molecule has 0 aromatic heterocycles. The van der Waals surface area contributed by atoms with Gasteiger partial charge in [0.05, 0.1) is 0 Å². The summed E-state index contributed by atoms with van der Waals surface area (Å²) < 4.78 is 9.45. The Morgan fingerprint density at radius 2 is 1.70 bits per heavy atom. The van der Waals surface area contributed by atoms with Crippen LogP contribution in [0, 0.1) is 5.21 Å². The molecule has 0 bridgehead atoms. The highest BCUT2D eigenvalue weighted by Gasteiger charge is 2.63. The average molecular weight is 467 g/mol. The third kappa shape index (κ3) is 4.10. The molecule has 170 valence electrons. The summed E-state index contributed by atoms with van der Waals surface area (Å²) in [6.07, 6.45) is -0.794. The van der Waals surface area contributed by atoms with E-state index in [1.807, 2.05) is 60.7 Å². The van der Waals surface area contributed by atoms with Crippen molar-refractivity contribution in [1.29, 1.82) is 0 Å². The van der Waals surface area contributed by atoms with Gasteiger partial charge >= 0.3 is 17.8 Å². The highest BCUT2D eigenvalue weighted by molar-refractivity contribution is 8.00. The molecular formula is C24H22N2O6S. The lowest BCUT2D eigenvalue weighted by molar-refractivity contribution is -0.773. The Balaban J connectivity index is 1.74. The van der Waals surface area contributed by atoms with E-state index in [2.05, 4.69) is 4.99 Å². The molecule has 1 unspecified atom stereocenters. The first-order chi connectivity index (χ1) is 15.9. The first-order valence-corrected chi connectivity index (χ1v) is 11.3. The zero-order valence-corrected chi connectivity index (χ0v) is 18.9. The zero-order valence-electron chi connectivity index (χ0n) is 18.1. The van der Waals surface area contributed by atoms with Gasteiger partial charge in [-0.1, -0.05) is 72.4 Å². The summed E-state index contributed by atoms with van der Waals surface area (Å²) in [5.74, 6) is -2.05. The van der Waals surface area contributed by atoms with E-state index in [0.29, 0.717) is 11.1 Å². The molecule has 0 N–H and O–H groups in total. The quantitative estimate of drug-likeness (QED) is 0.279. The van der Waals surface area contributed by atoms with Crippen molar-refractivity contribution in [1.82, 2.24) is 0 Å². The fourth-order valence-electron chi connectivity index (χ4n) is 3.91. The lowest BCUT2D eigenvalue weighted by Gasteiger charge is -2.54. The van der Waals surface area contributed by atoms with Crippen LogP contribution < -0.4 is 0 Å². The molecule has 2 heterocycles. The fourth-order valence-corrected chi connectivity index (χ4v) is 5.26. The van der Waals surface area contributed by atoms with Crippen LogP contribution >= 0.6 is 11.8 Å². The van der Waals surface area contributed by atoms with Crippen molar-refractivity contribution in [3.05, 3.63) is 88.3 Å². The van der Waals surface area contributed by atoms with Gasteiger partial charge in [0, 0.05) is 25.3 Å². The maximum Gasteiger partial charge on any atom is 0.394 e. The maximum absolute atomic E-state index is 13.7. The predicted octanol–water partition coefficient (Wildman–Crippen LogP) is 3.13. The third-order valence-electron chi connectivity index (χ3n) is 5.48. The topological polar surface area (TPSA) is 105 Å². The van der Waals surface area contributed by atoms with Crippen LogP contribution in [0.15, 0.2) is 76.9 Å². The molecule has 1 saturated heterocycles. The number of hydroxylamine groups is 3. The maximum atomic E-state index is 13.7. The van der Waals surface area contributed by atoms with E-state index >= 15 is 0 Å². The summed E-state index contributed by atoms with van der Waals surface area (Å²) in [7, 11) is 1.44. The van der Waals surface area contributed by atoms with Gasteiger partial charge in [0.2, 0.25) is 16.8 Å². The van der Waals surface area contributed by atoms with Gasteiger partial charge < -0.3 is 14.7 Å². The van der Waals surface area contributed by atoms with E-state index < -0.39 is 34.0 Å². The van der Waals surface area contributed by atoms with Crippen molar-refractivity contribution < 1.29 is 28.5 Å². The molecule has 1 fully saturated rings. The molecule has 33 heavy (non-hydrogen) atoms. The van der Waals surface area contributed by atoms with Gasteiger partial charge in [-0.05, 0) is 11.1 Å². The molecule has 0 spiro atoms. The molecule has 2 atom stereocenters. The van der Waals surface area contributed by atoms with E-state index in [4.69, 9.17) is 9.47 Å². The number of rotatable bonds is 6. The first kappa shape index (κ1) is 22.9. The molecule has 9 heteroatoms. The number of β-lactam (4-membered cyclic amide) rings is 1. The van der Waals surface area contributed by atoms with E-state index in [0.717, 1.165) is 0 Å². The third-order valence-corrected chi connectivity index (χ3v) is 6.83. The SMILES string of the molecule is C/N=C1\C(=O)[N+]2([O-])C(C(=O)OC(c3ccccc3)c3ccccc3)=C(COC(C)=O)CS[C@H]12. The summed E-state index contributed by atoms with van der Waals surface area (Å²) in [5.41, 5.74) is 1.48. The van der Waals surface area contributed by atoms with Crippen molar-refractivity contribution >= 4 is 35.3 Å². The molecule has 2 aromatic rings. The summed E-state index contributed by atoms with van der Waals surface area (Å²) >= 11 is 1.19. The number of esters is 2. The van der Waals surface area contributed by atoms with Crippen molar-refractivity contribution in [2.45, 2.75) is 18.4 Å². The predicted molar refractivity (Wildman–Crippen MR) is 123 cm³/mol. The van der Waals surface area contributed by atoms with Crippen LogP contribution in [0.3, 0.4) is 0 Å². The second kappa shape index (κ2) is 9.30. The Bertz CT molecular complexity index is 1110. The number of benzene rings is 2. The van der Waals surface area contributed by atoms with Crippen LogP contribution in [0.2, 0.25) is 0 Å². The number of aliphatic imine (C=N–C) groups is 1. The zero-order chi connectivity index (χ0) is 23.6. The Labute approximate surface area is 195 Å². The molecule has 1 amide bonds. The van der Waals surface area contributed by atoms with Crippen molar-refractivity contribution in [2.75, 3.05) is 19.4 Å². The number of amides is 1. The monoisotopic (exact) mass is 466 g/mol. The second-order valence-corrected chi connectivity index (χ2v) is 8.64. The number of hydrogen-bond donors (Lipinski definition) is 0. The van der Waals surface area contributed by atoms with Crippen LogP contribution in [0.4, 0.5) is 0 Å². The summed E-state index contributed by atoms with van der Waals surface area (Å²) in [5, 5.41) is 12.9. The number of carbonyl (C=O) groups is 3. The van der Waals surface area contributed by atoms with Crippen LogP contribution in [0.25, 0.3) is 0 Å². The standard InChI is InChI=1S/C24H22N2O6S/c1-15(27)31-13-18-14-33-23-19(25-2)22(28)26(23,30)20(18)24(29)32-21(16-9-5-3-6-10-16)17-11-7-4-8-12-17/h3-12,21,23H,13-14H2,1-2H3/b25-19+/t23-,26?/m1/s1. The fraction of sp³-hybridized carbons (Fsp3) is 0.250. The highest BCUT2D eigenvalue weighted by atomic mass is 32.2. The number of nitrogens with zero attached hydrogens (tertiary/aromatic N) is 2. The van der Waals surface area contributed by atoms with Crippen molar-refractivity contribution in [3.8, 4) is 0 Å². The number of thioether (sulfide) groups is 1. The normalized spacial score (nSPS) is 23.2. The van der Waals surface area contributed by atoms with E-state index in [-0.39, 0.29) is 29.3 Å². The van der Waals surface area contributed by atoms with Gasteiger partial charge in [-0.3, -0.25) is 9.79 Å². The molecule has 2 aromatic carbocycles. The first-order valence-electron chi connectivity index (χ1n) is 10.3. The Morgan fingerprint density at radius 1 is 1.12 bits per heavy atom. The van der Waals surface area contributed by atoms with Crippen molar-refractivity contribution in [3.63, 3.8) is 0 Å². The molecule has 2 aliphatic heterocycles. The lowest BCUT2D eigenvalue weighted by atomic mass is 10.0. The molecular weight excluding hydrogens is 444 g/mol. The Hall–Kier alpha value is -3.27. The largest absolute Gasteiger partial charge is 0.618 e. The van der Waals surface area contributed by atoms with Gasteiger partial charge in [0.25, 0.3) is 0 Å². The number of hydrogen-bond acceptors (Lipinski definition) is 8. The second-order valence-electron chi connectivity index (χ2n) is 7.57. The molecule has 0 radical (unpaired) electrons. The number of quaternary nitrogens is 1. The smallest absolute Gasteiger partial charge is 0.394 e. The van der Waals surface area contributed by atoms with Crippen molar-refractivity contribution in [2.24, 2.45) is 4.99 Å². The van der Waals surface area contributed by atoms with Gasteiger partial charge in [-0.15, -0.1) is 0 Å². The minimum atomic E-state index is -1.50. The highest BCUT2D eigenvalue weighted by Crippen LogP contribution is 2.46. The van der Waals surface area contributed by atoms with E-state index in [1.54, 1.807) is 0 Å². The molecule has 8 nitrogen and oxygen atoms in total. The Kier molecular flexibility index (Phi) is 6.46. The summed E-state index contributed by atoms with van der Waals surface area (Å²) in [4.78, 5) is 41.5. The van der Waals surface area contributed by atoms with E-state index in [1.165, 1.54) is 25.7 Å². The minimum Gasteiger partial charge on any atom is -0.618 e. The molecule has 0 saturated carbocycles. The number of fused-ring (bicyclic) bond motifs is 1. The summed E-state index contributed by atoms with van der Waals surface area (Å²) in [6, 6.07) is 18.2. The molecule has 2 aliphatic rings. The van der Waals surface area contributed by atoms with Crippen LogP contribution in [0.1, 0.15) is 24.2 Å². The summed E-state index contributed by atoms with van der Waals surface area (Å²) in [6.45, 7) is 0.964. The average Bonchev–Trinajstić information content (AvgIpc) is 2.83. The van der Waals surface area contributed by atoms with Gasteiger partial charge in [-0.25, -0.2) is 14.2 Å². The molecule has 0 aliphatic carbocycles. The Morgan fingerprint density at radius 3 is 2.21 bits per heavy atom. The van der Waals surface area contributed by atoms with Crippen LogP contribution in [-0.4, -0.2) is 53.0 Å². The van der Waals surface area contributed by atoms with Gasteiger partial charge in [0.15, 0.2) is 6.10 Å². The van der Waals surface area contributed by atoms with Gasteiger partial charge in [0.1, 0.15) is 6.61 Å². The van der Waals surface area contributed by atoms with E-state index in [9.17, 15) is 19.6 Å². The number of ether oxygens (including phenoxy) is 2. The molecule has 4 rings (SSSR count).